The van der Waals surface area contributed by atoms with Gasteiger partial charge in [0.05, 0.1) is 12.7 Å². The Morgan fingerprint density at radius 2 is 1.89 bits per heavy atom. The Morgan fingerprint density at radius 1 is 1.19 bits per heavy atom. The van der Waals surface area contributed by atoms with E-state index in [0.29, 0.717) is 23.1 Å². The van der Waals surface area contributed by atoms with Crippen LogP contribution in [0.25, 0.3) is 0 Å². The average molecular weight is 453 g/mol. The van der Waals surface area contributed by atoms with Crippen molar-refractivity contribution in [3.8, 4) is 0 Å². The summed E-state index contributed by atoms with van der Waals surface area (Å²) in [7, 11) is -2.82. The van der Waals surface area contributed by atoms with Gasteiger partial charge in [0.2, 0.25) is 5.91 Å². The molecule has 0 bridgehead atoms. The first-order valence-electron chi connectivity index (χ1n) is 8.13. The number of benzene rings is 2. The lowest BCUT2D eigenvalue weighted by molar-refractivity contribution is -0.117. The van der Waals surface area contributed by atoms with Gasteiger partial charge in [0.25, 0.3) is 10.0 Å². The van der Waals surface area contributed by atoms with Crippen molar-refractivity contribution in [2.45, 2.75) is 17.7 Å². The number of rotatable bonds is 5. The Bertz CT molecular complexity index is 989. The minimum Gasteiger partial charge on any atom is -0.465 e. The Morgan fingerprint density at radius 3 is 2.48 bits per heavy atom. The number of carbonyl (C=O) groups excluding carboxylic acids is 2. The lowest BCUT2D eigenvalue weighted by Crippen LogP contribution is -2.23. The van der Waals surface area contributed by atoms with Gasteiger partial charge in [-0.1, -0.05) is 15.9 Å². The van der Waals surface area contributed by atoms with E-state index in [9.17, 15) is 18.0 Å². The SMILES string of the molecule is COC(=O)c1cc(Br)ccc1S(=O)(=O)Nc1ccc(N2CCCC2=O)cc1. The molecule has 1 N–H and O–H groups in total. The summed E-state index contributed by atoms with van der Waals surface area (Å²) in [4.78, 5) is 25.2. The van der Waals surface area contributed by atoms with Crippen molar-refractivity contribution < 1.29 is 22.7 Å². The molecule has 3 rings (SSSR count). The number of esters is 1. The summed E-state index contributed by atoms with van der Waals surface area (Å²) < 4.78 is 33.2. The van der Waals surface area contributed by atoms with E-state index in [2.05, 4.69) is 25.4 Å². The highest BCUT2D eigenvalue weighted by Crippen LogP contribution is 2.26. The van der Waals surface area contributed by atoms with Crippen molar-refractivity contribution >= 4 is 49.2 Å². The van der Waals surface area contributed by atoms with Crippen molar-refractivity contribution in [2.24, 2.45) is 0 Å². The highest BCUT2D eigenvalue weighted by atomic mass is 79.9. The van der Waals surface area contributed by atoms with Crippen molar-refractivity contribution in [1.82, 2.24) is 0 Å². The molecule has 7 nitrogen and oxygen atoms in total. The molecule has 1 heterocycles. The van der Waals surface area contributed by atoms with E-state index in [0.717, 1.165) is 12.1 Å². The first kappa shape index (κ1) is 19.4. The fourth-order valence-electron chi connectivity index (χ4n) is 2.85. The predicted molar refractivity (Wildman–Crippen MR) is 104 cm³/mol. The van der Waals surface area contributed by atoms with Gasteiger partial charge in [-0.3, -0.25) is 9.52 Å². The van der Waals surface area contributed by atoms with Crippen LogP contribution < -0.4 is 9.62 Å². The number of ether oxygens (including phenoxy) is 1. The summed E-state index contributed by atoms with van der Waals surface area (Å²) in [5.74, 6) is -0.694. The van der Waals surface area contributed by atoms with Crippen LogP contribution in [-0.2, 0) is 19.6 Å². The van der Waals surface area contributed by atoms with Gasteiger partial charge in [-0.2, -0.15) is 0 Å². The molecule has 142 valence electrons. The Balaban J connectivity index is 1.87. The molecule has 0 atom stereocenters. The van der Waals surface area contributed by atoms with E-state index >= 15 is 0 Å². The standard InChI is InChI=1S/C18H17BrN2O5S/c1-26-18(23)15-11-12(19)4-9-16(15)27(24,25)20-13-5-7-14(8-6-13)21-10-2-3-17(21)22/h4-9,11,20H,2-3,10H2,1H3. The summed E-state index contributed by atoms with van der Waals surface area (Å²) in [5.41, 5.74) is 0.974. The number of carbonyl (C=O) groups is 2. The third-order valence-corrected chi connectivity index (χ3v) is 6.07. The van der Waals surface area contributed by atoms with Crippen LogP contribution in [0.2, 0.25) is 0 Å². The number of sulfonamides is 1. The van der Waals surface area contributed by atoms with E-state index in [4.69, 9.17) is 0 Å². The van der Waals surface area contributed by atoms with Crippen LogP contribution in [0.1, 0.15) is 23.2 Å². The Labute approximate surface area is 165 Å². The van der Waals surface area contributed by atoms with Crippen LogP contribution in [-0.4, -0.2) is 33.9 Å². The minimum absolute atomic E-state index is 0.0564. The molecule has 2 aromatic rings. The predicted octanol–water partition coefficient (Wildman–Crippen LogP) is 3.16. The zero-order valence-corrected chi connectivity index (χ0v) is 16.8. The van der Waals surface area contributed by atoms with Crippen molar-refractivity contribution in [3.05, 3.63) is 52.5 Å². The number of nitrogens with zero attached hydrogens (tertiary/aromatic N) is 1. The molecule has 0 aromatic heterocycles. The minimum atomic E-state index is -4.01. The highest BCUT2D eigenvalue weighted by molar-refractivity contribution is 9.10. The second kappa shape index (κ2) is 7.69. The molecular weight excluding hydrogens is 436 g/mol. The maximum Gasteiger partial charge on any atom is 0.339 e. The Hall–Kier alpha value is -2.39. The lowest BCUT2D eigenvalue weighted by Gasteiger charge is -2.16. The van der Waals surface area contributed by atoms with Crippen LogP contribution in [0.5, 0.6) is 0 Å². The van der Waals surface area contributed by atoms with Crippen molar-refractivity contribution in [3.63, 3.8) is 0 Å². The largest absolute Gasteiger partial charge is 0.465 e. The Kier molecular flexibility index (Phi) is 5.52. The van der Waals surface area contributed by atoms with Gasteiger partial charge in [-0.05, 0) is 48.9 Å². The van der Waals surface area contributed by atoms with Gasteiger partial charge in [0.15, 0.2) is 0 Å². The molecule has 27 heavy (non-hydrogen) atoms. The van der Waals surface area contributed by atoms with Gasteiger partial charge in [-0.25, -0.2) is 13.2 Å². The lowest BCUT2D eigenvalue weighted by atomic mass is 10.2. The van der Waals surface area contributed by atoms with E-state index in [1.807, 2.05) is 0 Å². The zero-order valence-electron chi connectivity index (χ0n) is 14.4. The summed E-state index contributed by atoms with van der Waals surface area (Å²) in [6, 6.07) is 10.8. The van der Waals surface area contributed by atoms with Crippen LogP contribution in [0.4, 0.5) is 11.4 Å². The zero-order chi connectivity index (χ0) is 19.6. The van der Waals surface area contributed by atoms with Gasteiger partial charge in [-0.15, -0.1) is 0 Å². The summed E-state index contributed by atoms with van der Waals surface area (Å²) in [6.45, 7) is 0.658. The van der Waals surface area contributed by atoms with Crippen LogP contribution >= 0.6 is 15.9 Å². The molecule has 0 aliphatic carbocycles. The third kappa shape index (κ3) is 4.14. The molecule has 9 heteroatoms. The maximum absolute atomic E-state index is 12.7. The van der Waals surface area contributed by atoms with Crippen LogP contribution in [0, 0.1) is 0 Å². The van der Waals surface area contributed by atoms with E-state index in [1.165, 1.54) is 25.3 Å². The number of methoxy groups -OCH3 is 1. The molecule has 1 aliphatic rings. The second-order valence-electron chi connectivity index (χ2n) is 5.93. The topological polar surface area (TPSA) is 92.8 Å². The average Bonchev–Trinajstić information content (AvgIpc) is 3.07. The van der Waals surface area contributed by atoms with Gasteiger partial charge in [0, 0.05) is 28.8 Å². The van der Waals surface area contributed by atoms with Crippen LogP contribution in [0.15, 0.2) is 51.8 Å². The molecule has 0 unspecified atom stereocenters. The van der Waals surface area contributed by atoms with Crippen LogP contribution in [0.3, 0.4) is 0 Å². The number of halogens is 1. The number of nitrogens with one attached hydrogen (secondary N) is 1. The van der Waals surface area contributed by atoms with E-state index < -0.39 is 16.0 Å². The molecule has 1 saturated heterocycles. The first-order valence-corrected chi connectivity index (χ1v) is 10.4. The molecule has 2 aromatic carbocycles. The number of hydrogen-bond donors (Lipinski definition) is 1. The van der Waals surface area contributed by atoms with Gasteiger partial charge >= 0.3 is 5.97 Å². The highest BCUT2D eigenvalue weighted by Gasteiger charge is 2.24. The summed E-state index contributed by atoms with van der Waals surface area (Å²) >= 11 is 3.22. The number of anilines is 2. The molecule has 0 radical (unpaired) electrons. The molecule has 0 spiro atoms. The molecular formula is C18H17BrN2O5S. The monoisotopic (exact) mass is 452 g/mol. The fraction of sp³-hybridized carbons (Fsp3) is 0.222. The molecule has 1 aliphatic heterocycles. The quantitative estimate of drug-likeness (QED) is 0.703. The van der Waals surface area contributed by atoms with Gasteiger partial charge < -0.3 is 9.64 Å². The smallest absolute Gasteiger partial charge is 0.339 e. The molecule has 0 saturated carbocycles. The second-order valence-corrected chi connectivity index (χ2v) is 8.50. The number of hydrogen-bond acceptors (Lipinski definition) is 5. The molecule has 1 fully saturated rings. The van der Waals surface area contributed by atoms with E-state index in [1.54, 1.807) is 29.2 Å². The van der Waals surface area contributed by atoms with Crippen molar-refractivity contribution in [1.29, 1.82) is 0 Å². The normalized spacial score (nSPS) is 14.3. The fourth-order valence-corrected chi connectivity index (χ4v) is 4.44. The molecule has 1 amide bonds. The first-order chi connectivity index (χ1) is 12.8. The van der Waals surface area contributed by atoms with Crippen molar-refractivity contribution in [2.75, 3.05) is 23.3 Å². The van der Waals surface area contributed by atoms with E-state index in [-0.39, 0.29) is 16.4 Å². The summed E-state index contributed by atoms with van der Waals surface area (Å²) in [6.07, 6.45) is 1.33. The number of amides is 1. The maximum atomic E-state index is 12.7. The van der Waals surface area contributed by atoms with Gasteiger partial charge in [0.1, 0.15) is 4.90 Å². The summed E-state index contributed by atoms with van der Waals surface area (Å²) in [5, 5.41) is 0. The third-order valence-electron chi connectivity index (χ3n) is 4.14.